The topological polar surface area (TPSA) is 48.6 Å². The van der Waals surface area contributed by atoms with Gasteiger partial charge in [-0.25, -0.2) is 4.39 Å². The lowest BCUT2D eigenvalue weighted by Gasteiger charge is -2.34. The summed E-state index contributed by atoms with van der Waals surface area (Å²) >= 11 is 0. The highest BCUT2D eigenvalue weighted by Gasteiger charge is 2.25. The second-order valence-corrected chi connectivity index (χ2v) is 8.97. The van der Waals surface area contributed by atoms with Crippen molar-refractivity contribution in [3.63, 3.8) is 0 Å². The van der Waals surface area contributed by atoms with E-state index in [0.717, 1.165) is 57.4 Å². The maximum Gasteiger partial charge on any atom is 0.270 e. The molecule has 1 N–H and O–H groups in total. The van der Waals surface area contributed by atoms with Gasteiger partial charge in [-0.1, -0.05) is 6.92 Å². The van der Waals surface area contributed by atoms with Crippen LogP contribution in [0.1, 0.15) is 56.9 Å². The number of nitrogens with zero attached hydrogens (tertiary/aromatic N) is 2. The van der Waals surface area contributed by atoms with Gasteiger partial charge in [0.05, 0.1) is 0 Å². The molecule has 1 aromatic heterocycles. The molecule has 0 aliphatic carbocycles. The molecule has 3 heterocycles. The summed E-state index contributed by atoms with van der Waals surface area (Å²) in [6.07, 6.45) is 3.90. The Labute approximate surface area is 172 Å². The van der Waals surface area contributed by atoms with E-state index in [9.17, 15) is 9.18 Å². The molecule has 2 fully saturated rings. The Morgan fingerprint density at radius 1 is 1.10 bits per heavy atom. The molecule has 2 aromatic rings. The number of ether oxygens (including phenoxy) is 1. The van der Waals surface area contributed by atoms with Crippen LogP contribution in [-0.4, -0.2) is 59.0 Å². The van der Waals surface area contributed by atoms with Gasteiger partial charge >= 0.3 is 0 Å². The predicted molar refractivity (Wildman–Crippen MR) is 113 cm³/mol. The lowest BCUT2D eigenvalue weighted by Crippen LogP contribution is -2.41. The Morgan fingerprint density at radius 2 is 1.79 bits per heavy atom. The van der Waals surface area contributed by atoms with Crippen LogP contribution >= 0.6 is 0 Å². The number of carbonyl (C=O) groups is 1. The van der Waals surface area contributed by atoms with Gasteiger partial charge in [0.2, 0.25) is 0 Å². The van der Waals surface area contributed by atoms with Gasteiger partial charge in [0.25, 0.3) is 5.91 Å². The molecule has 2 saturated heterocycles. The molecular formula is C23H32FN3O2. The van der Waals surface area contributed by atoms with Gasteiger partial charge in [0.1, 0.15) is 11.8 Å². The Kier molecular flexibility index (Phi) is 5.81. The largest absolute Gasteiger partial charge is 0.487 e. The molecule has 0 spiro atoms. The van der Waals surface area contributed by atoms with Gasteiger partial charge in [-0.3, -0.25) is 4.79 Å². The SMILES string of the molecule is CC1CCN(C(=O)c2cc3cc(F)c(OC4CCN(C(C)C)CC4)cc3[nH]2)CC1. The highest BCUT2D eigenvalue weighted by Crippen LogP contribution is 2.29. The summed E-state index contributed by atoms with van der Waals surface area (Å²) in [6.45, 7) is 10.1. The molecule has 4 rings (SSSR count). The Balaban J connectivity index is 1.46. The fourth-order valence-corrected chi connectivity index (χ4v) is 4.41. The summed E-state index contributed by atoms with van der Waals surface area (Å²) in [5.41, 5.74) is 1.27. The molecule has 0 bridgehead atoms. The number of hydrogen-bond acceptors (Lipinski definition) is 3. The van der Waals surface area contributed by atoms with E-state index in [4.69, 9.17) is 4.74 Å². The normalized spacial score (nSPS) is 20.0. The lowest BCUT2D eigenvalue weighted by molar-refractivity contribution is 0.0692. The minimum Gasteiger partial charge on any atom is -0.487 e. The van der Waals surface area contributed by atoms with E-state index in [1.807, 2.05) is 4.90 Å². The number of benzene rings is 1. The van der Waals surface area contributed by atoms with Crippen LogP contribution in [0.15, 0.2) is 18.2 Å². The Morgan fingerprint density at radius 3 is 2.45 bits per heavy atom. The van der Waals surface area contributed by atoms with Crippen molar-refractivity contribution in [2.75, 3.05) is 26.2 Å². The molecule has 6 heteroatoms. The highest BCUT2D eigenvalue weighted by molar-refractivity contribution is 5.98. The second kappa shape index (κ2) is 8.34. The number of piperidine rings is 2. The number of fused-ring (bicyclic) bond motifs is 1. The van der Waals surface area contributed by atoms with E-state index in [-0.39, 0.29) is 23.6 Å². The molecule has 2 aliphatic heterocycles. The Hall–Kier alpha value is -2.08. The van der Waals surface area contributed by atoms with E-state index in [1.165, 1.54) is 6.07 Å². The van der Waals surface area contributed by atoms with Gasteiger partial charge < -0.3 is 19.5 Å². The summed E-state index contributed by atoms with van der Waals surface area (Å²) in [7, 11) is 0. The smallest absolute Gasteiger partial charge is 0.270 e. The molecule has 0 atom stereocenters. The third kappa shape index (κ3) is 4.42. The number of carbonyl (C=O) groups excluding carboxylic acids is 1. The van der Waals surface area contributed by atoms with Gasteiger partial charge in [-0.2, -0.15) is 0 Å². The fraction of sp³-hybridized carbons (Fsp3) is 0.609. The molecule has 0 radical (unpaired) electrons. The number of halogens is 1. The van der Waals surface area contributed by atoms with Crippen LogP contribution < -0.4 is 4.74 Å². The summed E-state index contributed by atoms with van der Waals surface area (Å²) in [5.74, 6) is 0.571. The first-order valence-electron chi connectivity index (χ1n) is 10.9. The molecule has 29 heavy (non-hydrogen) atoms. The van der Waals surface area contributed by atoms with Crippen molar-refractivity contribution in [3.05, 3.63) is 29.7 Å². The molecule has 0 unspecified atom stereocenters. The number of amides is 1. The first-order chi connectivity index (χ1) is 13.9. The van der Waals surface area contributed by atoms with E-state index < -0.39 is 0 Å². The van der Waals surface area contributed by atoms with Crippen molar-refractivity contribution >= 4 is 16.8 Å². The second-order valence-electron chi connectivity index (χ2n) is 8.97. The molecule has 1 aromatic carbocycles. The maximum atomic E-state index is 14.6. The predicted octanol–water partition coefficient (Wildman–Crippen LogP) is 4.43. The number of likely N-dealkylation sites (tertiary alicyclic amines) is 2. The summed E-state index contributed by atoms with van der Waals surface area (Å²) in [6, 6.07) is 5.46. The van der Waals surface area contributed by atoms with Crippen LogP contribution in [0.4, 0.5) is 4.39 Å². The van der Waals surface area contributed by atoms with Crippen molar-refractivity contribution in [2.24, 2.45) is 5.92 Å². The van der Waals surface area contributed by atoms with Gasteiger partial charge in [0, 0.05) is 49.2 Å². The van der Waals surface area contributed by atoms with E-state index >= 15 is 0 Å². The standard InChI is InChI=1S/C23H32FN3O2/c1-15(2)26-10-6-18(7-11-26)29-22-14-20-17(12-19(22)24)13-21(25-20)23(28)27-8-4-16(3)5-9-27/h12-16,18,25H,4-11H2,1-3H3. The molecule has 5 nitrogen and oxygen atoms in total. The van der Waals surface area contributed by atoms with Crippen LogP contribution in [0.3, 0.4) is 0 Å². The van der Waals surface area contributed by atoms with Gasteiger partial charge in [-0.15, -0.1) is 0 Å². The quantitative estimate of drug-likeness (QED) is 0.824. The van der Waals surface area contributed by atoms with Crippen LogP contribution in [-0.2, 0) is 0 Å². The van der Waals surface area contributed by atoms with Crippen molar-refractivity contribution in [3.8, 4) is 5.75 Å². The number of aromatic nitrogens is 1. The zero-order valence-corrected chi connectivity index (χ0v) is 17.7. The number of rotatable bonds is 4. The van der Waals surface area contributed by atoms with Crippen molar-refractivity contribution in [1.82, 2.24) is 14.8 Å². The van der Waals surface area contributed by atoms with Crippen molar-refractivity contribution in [2.45, 2.75) is 58.6 Å². The summed E-state index contributed by atoms with van der Waals surface area (Å²) < 4.78 is 20.6. The monoisotopic (exact) mass is 401 g/mol. The van der Waals surface area contributed by atoms with Crippen molar-refractivity contribution < 1.29 is 13.9 Å². The third-order valence-electron chi connectivity index (χ3n) is 6.47. The molecule has 0 saturated carbocycles. The van der Waals surface area contributed by atoms with Crippen LogP contribution in [0.5, 0.6) is 5.75 Å². The zero-order chi connectivity index (χ0) is 20.5. The molecule has 2 aliphatic rings. The molecule has 158 valence electrons. The van der Waals surface area contributed by atoms with Crippen LogP contribution in [0.2, 0.25) is 0 Å². The van der Waals surface area contributed by atoms with Gasteiger partial charge in [-0.05, 0) is 57.6 Å². The van der Waals surface area contributed by atoms with Crippen LogP contribution in [0, 0.1) is 11.7 Å². The maximum absolute atomic E-state index is 14.6. The van der Waals surface area contributed by atoms with Crippen LogP contribution in [0.25, 0.3) is 10.9 Å². The van der Waals surface area contributed by atoms with Gasteiger partial charge in [0.15, 0.2) is 11.6 Å². The highest BCUT2D eigenvalue weighted by atomic mass is 19.1. The van der Waals surface area contributed by atoms with Crippen molar-refractivity contribution in [1.29, 1.82) is 0 Å². The minimum atomic E-state index is -0.367. The summed E-state index contributed by atoms with van der Waals surface area (Å²) in [4.78, 5) is 20.3. The van der Waals surface area contributed by atoms with E-state index in [1.54, 1.807) is 12.1 Å². The Bertz CT molecular complexity index is 862. The molecular weight excluding hydrogens is 369 g/mol. The first kappa shape index (κ1) is 20.2. The third-order valence-corrected chi connectivity index (χ3v) is 6.47. The first-order valence-corrected chi connectivity index (χ1v) is 10.9. The van der Waals surface area contributed by atoms with E-state index in [0.29, 0.717) is 23.0 Å². The van der Waals surface area contributed by atoms with E-state index in [2.05, 4.69) is 30.7 Å². The average molecular weight is 402 g/mol. The number of H-pyrrole nitrogens is 1. The number of aromatic amines is 1. The number of nitrogens with one attached hydrogen (secondary N) is 1. The zero-order valence-electron chi connectivity index (χ0n) is 17.7. The minimum absolute atomic E-state index is 0.00275. The molecule has 1 amide bonds. The number of hydrogen-bond donors (Lipinski definition) is 1. The summed E-state index contributed by atoms with van der Waals surface area (Å²) in [5, 5.41) is 0.707. The average Bonchev–Trinajstić information content (AvgIpc) is 3.11. The fourth-order valence-electron chi connectivity index (χ4n) is 4.41. The lowest BCUT2D eigenvalue weighted by atomic mass is 9.99.